The average Bonchev–Trinajstić information content (AvgIpc) is 3.22. The van der Waals surface area contributed by atoms with Crippen LogP contribution in [0.4, 0.5) is 0 Å². The summed E-state index contributed by atoms with van der Waals surface area (Å²) in [4.78, 5) is 16.7. The predicted molar refractivity (Wildman–Crippen MR) is 119 cm³/mol. The molecular formula is C21H29N5O3S2. The van der Waals surface area contributed by atoms with Crippen LogP contribution in [0.1, 0.15) is 39.5 Å². The summed E-state index contributed by atoms with van der Waals surface area (Å²) in [7, 11) is -3.52. The lowest BCUT2D eigenvalue weighted by molar-refractivity contribution is -0.132. The predicted octanol–water partition coefficient (Wildman–Crippen LogP) is 2.56. The van der Waals surface area contributed by atoms with Gasteiger partial charge in [-0.15, -0.1) is 11.3 Å². The maximum atomic E-state index is 13.0. The van der Waals surface area contributed by atoms with Crippen LogP contribution in [-0.4, -0.2) is 59.5 Å². The van der Waals surface area contributed by atoms with Gasteiger partial charge in [-0.2, -0.15) is 14.7 Å². The van der Waals surface area contributed by atoms with E-state index in [-0.39, 0.29) is 5.91 Å². The molecule has 1 aliphatic heterocycles. The summed E-state index contributed by atoms with van der Waals surface area (Å²) in [6.45, 7) is 9.61. The van der Waals surface area contributed by atoms with Gasteiger partial charge < -0.3 is 4.90 Å². The molecule has 0 aliphatic carbocycles. The smallest absolute Gasteiger partial charge is 0.244 e. The largest absolute Gasteiger partial charge is 0.340 e. The summed E-state index contributed by atoms with van der Waals surface area (Å²) in [6.07, 6.45) is 1.36. The van der Waals surface area contributed by atoms with Gasteiger partial charge in [0.15, 0.2) is 0 Å². The number of thiophene rings is 1. The van der Waals surface area contributed by atoms with Gasteiger partial charge in [-0.05, 0) is 45.7 Å². The molecule has 3 rings (SSSR count). The topological polar surface area (TPSA) is 99.3 Å². The Morgan fingerprint density at radius 2 is 1.87 bits per heavy atom. The van der Waals surface area contributed by atoms with E-state index >= 15 is 0 Å². The van der Waals surface area contributed by atoms with Crippen molar-refractivity contribution in [1.82, 2.24) is 19.0 Å². The van der Waals surface area contributed by atoms with Crippen molar-refractivity contribution in [2.24, 2.45) is 0 Å². The summed E-state index contributed by atoms with van der Waals surface area (Å²) in [5.74, 6) is 0.0307. The zero-order valence-electron chi connectivity index (χ0n) is 18.5. The van der Waals surface area contributed by atoms with E-state index in [0.29, 0.717) is 56.9 Å². The summed E-state index contributed by atoms with van der Waals surface area (Å²) >= 11 is 1.49. The normalized spacial score (nSPS) is 15.3. The first-order valence-electron chi connectivity index (χ1n) is 10.4. The molecule has 1 fully saturated rings. The van der Waals surface area contributed by atoms with Crippen molar-refractivity contribution >= 4 is 27.3 Å². The van der Waals surface area contributed by atoms with Crippen molar-refractivity contribution in [2.75, 3.05) is 26.2 Å². The van der Waals surface area contributed by atoms with Gasteiger partial charge >= 0.3 is 0 Å². The van der Waals surface area contributed by atoms with E-state index < -0.39 is 10.0 Å². The van der Waals surface area contributed by atoms with Crippen molar-refractivity contribution in [3.05, 3.63) is 32.8 Å². The second-order valence-corrected chi connectivity index (χ2v) is 11.2. The highest BCUT2D eigenvalue weighted by molar-refractivity contribution is 7.89. The third kappa shape index (κ3) is 5.00. The molecule has 10 heteroatoms. The minimum Gasteiger partial charge on any atom is -0.340 e. The quantitative estimate of drug-likeness (QED) is 0.628. The van der Waals surface area contributed by atoms with Crippen molar-refractivity contribution in [3.63, 3.8) is 0 Å². The first-order valence-corrected chi connectivity index (χ1v) is 12.7. The number of amides is 1. The number of carbonyl (C=O) groups excluding carboxylic acids is 1. The standard InChI is InChI=1S/C21H29N5O3S2/c1-15-14-20(18(4)30-15)31(28,29)25-12-10-24(11-13-25)21(27)7-6-19-16(2)23-26(17(19)3)9-5-8-22/h14H,5-7,9-13H2,1-4H3. The van der Waals surface area contributed by atoms with E-state index in [1.165, 1.54) is 15.6 Å². The van der Waals surface area contributed by atoms with Gasteiger partial charge in [0, 0.05) is 48.0 Å². The van der Waals surface area contributed by atoms with Gasteiger partial charge in [-0.3, -0.25) is 9.48 Å². The van der Waals surface area contributed by atoms with Crippen LogP contribution < -0.4 is 0 Å². The maximum absolute atomic E-state index is 13.0. The molecule has 0 bridgehead atoms. The van der Waals surface area contributed by atoms with Gasteiger partial charge in [0.2, 0.25) is 15.9 Å². The fraction of sp³-hybridized carbons (Fsp3) is 0.571. The molecule has 0 N–H and O–H groups in total. The summed E-state index contributed by atoms with van der Waals surface area (Å²) in [6, 6.07) is 3.86. The van der Waals surface area contributed by atoms with Crippen LogP contribution in [0.25, 0.3) is 0 Å². The molecule has 0 radical (unpaired) electrons. The van der Waals surface area contributed by atoms with E-state index in [0.717, 1.165) is 26.7 Å². The molecule has 2 aromatic heterocycles. The van der Waals surface area contributed by atoms with Gasteiger partial charge in [-0.1, -0.05) is 0 Å². The first kappa shape index (κ1) is 23.4. The van der Waals surface area contributed by atoms with E-state index in [9.17, 15) is 13.2 Å². The van der Waals surface area contributed by atoms with Crippen molar-refractivity contribution in [1.29, 1.82) is 5.26 Å². The van der Waals surface area contributed by atoms with Crippen molar-refractivity contribution < 1.29 is 13.2 Å². The van der Waals surface area contributed by atoms with Gasteiger partial charge in [-0.25, -0.2) is 8.42 Å². The minimum atomic E-state index is -3.52. The lowest BCUT2D eigenvalue weighted by Crippen LogP contribution is -2.50. The molecular weight excluding hydrogens is 434 g/mol. The van der Waals surface area contributed by atoms with Crippen LogP contribution in [0.3, 0.4) is 0 Å². The summed E-state index contributed by atoms with van der Waals surface area (Å²) in [5, 5.41) is 13.3. The van der Waals surface area contributed by atoms with Crippen molar-refractivity contribution in [2.45, 2.75) is 58.4 Å². The molecule has 8 nitrogen and oxygen atoms in total. The highest BCUT2D eigenvalue weighted by Gasteiger charge is 2.31. The number of nitriles is 1. The Morgan fingerprint density at radius 3 is 2.45 bits per heavy atom. The van der Waals surface area contributed by atoms with E-state index in [4.69, 9.17) is 5.26 Å². The monoisotopic (exact) mass is 463 g/mol. The Morgan fingerprint density at radius 1 is 1.19 bits per heavy atom. The molecule has 0 atom stereocenters. The Kier molecular flexibility index (Phi) is 7.19. The number of hydrogen-bond acceptors (Lipinski definition) is 6. The van der Waals surface area contributed by atoms with Crippen LogP contribution >= 0.6 is 11.3 Å². The number of carbonyl (C=O) groups is 1. The molecule has 2 aromatic rings. The summed E-state index contributed by atoms with van der Waals surface area (Å²) in [5.41, 5.74) is 2.94. The Balaban J connectivity index is 1.57. The van der Waals surface area contributed by atoms with Crippen LogP contribution in [-0.2, 0) is 27.8 Å². The zero-order chi connectivity index (χ0) is 22.8. The van der Waals surface area contributed by atoms with Crippen LogP contribution in [0, 0.1) is 39.0 Å². The summed E-state index contributed by atoms with van der Waals surface area (Å²) < 4.78 is 29.2. The highest BCUT2D eigenvalue weighted by Crippen LogP contribution is 2.28. The Labute approximate surface area is 188 Å². The number of aryl methyl sites for hydroxylation is 4. The van der Waals surface area contributed by atoms with E-state index in [1.807, 2.05) is 32.4 Å². The van der Waals surface area contributed by atoms with Gasteiger partial charge in [0.05, 0.1) is 29.6 Å². The number of sulfonamides is 1. The molecule has 0 aromatic carbocycles. The van der Waals surface area contributed by atoms with E-state index in [1.54, 1.807) is 11.0 Å². The average molecular weight is 464 g/mol. The van der Waals surface area contributed by atoms with Crippen LogP contribution in [0.15, 0.2) is 11.0 Å². The number of hydrogen-bond donors (Lipinski definition) is 0. The Hall–Kier alpha value is -2.22. The van der Waals surface area contributed by atoms with E-state index in [2.05, 4.69) is 11.2 Å². The Bertz CT molecular complexity index is 1100. The third-order valence-corrected chi connectivity index (χ3v) is 8.88. The molecule has 3 heterocycles. The molecule has 1 amide bonds. The highest BCUT2D eigenvalue weighted by atomic mass is 32.2. The van der Waals surface area contributed by atoms with Crippen LogP contribution in [0.5, 0.6) is 0 Å². The maximum Gasteiger partial charge on any atom is 0.244 e. The fourth-order valence-electron chi connectivity index (χ4n) is 4.04. The number of rotatable bonds is 7. The second kappa shape index (κ2) is 9.51. The third-order valence-electron chi connectivity index (χ3n) is 5.76. The number of aromatic nitrogens is 2. The lowest BCUT2D eigenvalue weighted by atomic mass is 10.1. The fourth-order valence-corrected chi connectivity index (χ4v) is 6.99. The van der Waals surface area contributed by atoms with Gasteiger partial charge in [0.25, 0.3) is 0 Å². The molecule has 0 unspecified atom stereocenters. The SMILES string of the molecule is Cc1cc(S(=O)(=O)N2CCN(C(=O)CCc3c(C)nn(CCC#N)c3C)CC2)c(C)s1. The lowest BCUT2D eigenvalue weighted by Gasteiger charge is -2.34. The molecule has 1 aliphatic rings. The number of nitrogens with zero attached hydrogens (tertiary/aromatic N) is 5. The van der Waals surface area contributed by atoms with Crippen LogP contribution in [0.2, 0.25) is 0 Å². The molecule has 0 spiro atoms. The van der Waals surface area contributed by atoms with Crippen molar-refractivity contribution in [3.8, 4) is 6.07 Å². The first-order chi connectivity index (χ1) is 14.6. The molecule has 31 heavy (non-hydrogen) atoms. The van der Waals surface area contributed by atoms with Gasteiger partial charge in [0.1, 0.15) is 0 Å². The zero-order valence-corrected chi connectivity index (χ0v) is 20.1. The molecule has 0 saturated carbocycles. The second-order valence-electron chi connectivity index (χ2n) is 7.84. The number of piperazine rings is 1. The minimum absolute atomic E-state index is 0.0307. The molecule has 168 valence electrons. The molecule has 1 saturated heterocycles.